The van der Waals surface area contributed by atoms with Gasteiger partial charge < -0.3 is 30.8 Å². The molecule has 2 rings (SSSR count). The molecular weight excluding hydrogens is 318 g/mol. The van der Waals surface area contributed by atoms with Crippen LogP contribution in [0.4, 0.5) is 0 Å². The largest absolute Gasteiger partial charge is 0.508 e. The number of amides is 1. The second-order valence-corrected chi connectivity index (χ2v) is 5.84. The molecule has 1 saturated carbocycles. The van der Waals surface area contributed by atoms with Gasteiger partial charge in [0.1, 0.15) is 11.9 Å². The molecule has 1 aromatic rings. The Balaban J connectivity index is 2.03. The van der Waals surface area contributed by atoms with Crippen LogP contribution in [-0.4, -0.2) is 61.3 Å². The third-order valence-electron chi connectivity index (χ3n) is 3.96. The Kier molecular flexibility index (Phi) is 5.23. The fourth-order valence-electron chi connectivity index (χ4n) is 2.60. The fourth-order valence-corrected chi connectivity index (χ4v) is 2.60. The molecule has 1 aliphatic rings. The number of carboxylic acids is 1. The summed E-state index contributed by atoms with van der Waals surface area (Å²) in [4.78, 5) is 23.0. The normalized spacial score (nSPS) is 30.2. The molecule has 0 unspecified atom stereocenters. The van der Waals surface area contributed by atoms with Crippen LogP contribution in [0.1, 0.15) is 18.4 Å². The van der Waals surface area contributed by atoms with E-state index in [0.29, 0.717) is 5.56 Å². The summed E-state index contributed by atoms with van der Waals surface area (Å²) in [6.45, 7) is 0. The number of carbonyl (C=O) groups excluding carboxylic acids is 1. The number of hydrogen-bond acceptors (Lipinski definition) is 6. The Labute approximate surface area is 137 Å². The molecule has 0 saturated heterocycles. The van der Waals surface area contributed by atoms with Crippen LogP contribution in [0.5, 0.6) is 5.75 Å². The zero-order valence-electron chi connectivity index (χ0n) is 12.7. The van der Waals surface area contributed by atoms with Gasteiger partial charge in [-0.3, -0.25) is 4.79 Å². The van der Waals surface area contributed by atoms with Gasteiger partial charge in [-0.2, -0.15) is 0 Å². The standard InChI is InChI=1S/C16H19NO7/c18-10-4-1-9(2-5-10)3-6-13(20)17-11-7-16(24,15(22)23)8-12(19)14(11)21/h1-6,11-12,14,18-19,21,24H,7-8H2,(H,17,20)(H,22,23)/b6-3-/t11-,12+,14-,16+/m0/s1. The summed E-state index contributed by atoms with van der Waals surface area (Å²) in [6.07, 6.45) is -1.15. The van der Waals surface area contributed by atoms with Crippen LogP contribution in [0, 0.1) is 0 Å². The van der Waals surface area contributed by atoms with Gasteiger partial charge in [-0.25, -0.2) is 4.79 Å². The molecule has 0 aliphatic heterocycles. The number of phenols is 1. The third kappa shape index (κ3) is 4.10. The van der Waals surface area contributed by atoms with Gasteiger partial charge in [0.25, 0.3) is 0 Å². The van der Waals surface area contributed by atoms with Gasteiger partial charge in [-0.15, -0.1) is 0 Å². The Bertz CT molecular complexity index is 642. The summed E-state index contributed by atoms with van der Waals surface area (Å²) in [7, 11) is 0. The molecule has 8 heteroatoms. The quantitative estimate of drug-likeness (QED) is 0.395. The van der Waals surface area contributed by atoms with E-state index in [-0.39, 0.29) is 5.75 Å². The zero-order chi connectivity index (χ0) is 17.9. The van der Waals surface area contributed by atoms with Crippen LogP contribution in [0.3, 0.4) is 0 Å². The molecule has 0 heterocycles. The van der Waals surface area contributed by atoms with Gasteiger partial charge in [0.05, 0.1) is 12.1 Å². The number of carboxylic acid groups (broad SMARTS) is 1. The molecule has 0 aromatic heterocycles. The van der Waals surface area contributed by atoms with Gasteiger partial charge in [0.15, 0.2) is 5.60 Å². The number of hydrogen-bond donors (Lipinski definition) is 6. The number of nitrogens with one attached hydrogen (secondary N) is 1. The molecule has 130 valence electrons. The van der Waals surface area contributed by atoms with Crippen molar-refractivity contribution >= 4 is 18.0 Å². The lowest BCUT2D eigenvalue weighted by Crippen LogP contribution is -2.60. The Morgan fingerprint density at radius 1 is 1.17 bits per heavy atom. The summed E-state index contributed by atoms with van der Waals surface area (Å²) >= 11 is 0. The van der Waals surface area contributed by atoms with Crippen LogP contribution in [-0.2, 0) is 9.59 Å². The van der Waals surface area contributed by atoms with Gasteiger partial charge in [-0.05, 0) is 23.8 Å². The number of aromatic hydroxyl groups is 1. The minimum Gasteiger partial charge on any atom is -0.508 e. The smallest absolute Gasteiger partial charge is 0.335 e. The second-order valence-electron chi connectivity index (χ2n) is 5.84. The van der Waals surface area contributed by atoms with Crippen molar-refractivity contribution in [3.05, 3.63) is 35.9 Å². The van der Waals surface area contributed by atoms with E-state index in [2.05, 4.69) is 5.32 Å². The lowest BCUT2D eigenvalue weighted by Gasteiger charge is -2.39. The van der Waals surface area contributed by atoms with E-state index in [0.717, 1.165) is 0 Å². The highest BCUT2D eigenvalue weighted by atomic mass is 16.4. The van der Waals surface area contributed by atoms with Crippen molar-refractivity contribution in [3.63, 3.8) is 0 Å². The van der Waals surface area contributed by atoms with E-state index >= 15 is 0 Å². The topological polar surface area (TPSA) is 147 Å². The highest BCUT2D eigenvalue weighted by Gasteiger charge is 2.49. The van der Waals surface area contributed by atoms with Crippen LogP contribution >= 0.6 is 0 Å². The second kappa shape index (κ2) is 7.00. The monoisotopic (exact) mass is 337 g/mol. The van der Waals surface area contributed by atoms with E-state index in [9.17, 15) is 30.0 Å². The summed E-state index contributed by atoms with van der Waals surface area (Å²) in [5.74, 6) is -2.05. The first-order valence-electron chi connectivity index (χ1n) is 7.31. The van der Waals surface area contributed by atoms with Crippen molar-refractivity contribution in [1.82, 2.24) is 5.32 Å². The van der Waals surface area contributed by atoms with Crippen molar-refractivity contribution < 1.29 is 35.1 Å². The molecule has 0 radical (unpaired) electrons. The van der Waals surface area contributed by atoms with E-state index in [1.54, 1.807) is 12.1 Å². The van der Waals surface area contributed by atoms with Gasteiger partial charge in [0, 0.05) is 18.9 Å². The maximum absolute atomic E-state index is 11.9. The number of aliphatic hydroxyl groups is 3. The first-order valence-corrected chi connectivity index (χ1v) is 7.31. The molecule has 1 amide bonds. The fraction of sp³-hybridized carbons (Fsp3) is 0.375. The summed E-state index contributed by atoms with van der Waals surface area (Å²) < 4.78 is 0. The Morgan fingerprint density at radius 3 is 2.38 bits per heavy atom. The van der Waals surface area contributed by atoms with Crippen LogP contribution < -0.4 is 5.32 Å². The molecule has 0 spiro atoms. The highest BCUT2D eigenvalue weighted by molar-refractivity contribution is 5.92. The third-order valence-corrected chi connectivity index (χ3v) is 3.96. The predicted octanol–water partition coefficient (Wildman–Crippen LogP) is -0.779. The number of aliphatic hydroxyl groups excluding tert-OH is 2. The first-order chi connectivity index (χ1) is 11.2. The number of aliphatic carboxylic acids is 1. The number of rotatable bonds is 4. The van der Waals surface area contributed by atoms with Crippen molar-refractivity contribution in [2.75, 3.05) is 0 Å². The molecule has 24 heavy (non-hydrogen) atoms. The molecule has 1 fully saturated rings. The van der Waals surface area contributed by atoms with Crippen molar-refractivity contribution in [2.24, 2.45) is 0 Å². The predicted molar refractivity (Wildman–Crippen MR) is 82.9 cm³/mol. The van der Waals surface area contributed by atoms with Crippen molar-refractivity contribution in [3.8, 4) is 5.75 Å². The van der Waals surface area contributed by atoms with E-state index < -0.39 is 48.6 Å². The lowest BCUT2D eigenvalue weighted by molar-refractivity contribution is -0.175. The number of benzene rings is 1. The van der Waals surface area contributed by atoms with Gasteiger partial charge in [0.2, 0.25) is 5.91 Å². The average Bonchev–Trinajstić information content (AvgIpc) is 2.51. The van der Waals surface area contributed by atoms with Crippen LogP contribution in [0.15, 0.2) is 30.3 Å². The summed E-state index contributed by atoms with van der Waals surface area (Å²) in [6, 6.07) is 4.97. The molecule has 8 nitrogen and oxygen atoms in total. The van der Waals surface area contributed by atoms with Crippen LogP contribution in [0.2, 0.25) is 0 Å². The molecular formula is C16H19NO7. The summed E-state index contributed by atoms with van der Waals surface area (Å²) in [5, 5.41) is 50.2. The van der Waals surface area contributed by atoms with Crippen molar-refractivity contribution in [2.45, 2.75) is 36.7 Å². The first kappa shape index (κ1) is 17.9. The van der Waals surface area contributed by atoms with Crippen molar-refractivity contribution in [1.29, 1.82) is 0 Å². The minimum absolute atomic E-state index is 0.0869. The van der Waals surface area contributed by atoms with E-state index in [1.165, 1.54) is 24.3 Å². The minimum atomic E-state index is -2.21. The lowest BCUT2D eigenvalue weighted by atomic mass is 9.78. The highest BCUT2D eigenvalue weighted by Crippen LogP contribution is 2.29. The number of phenolic OH excluding ortho intramolecular Hbond substituents is 1. The number of carbonyl (C=O) groups is 2. The molecule has 6 N–H and O–H groups in total. The maximum atomic E-state index is 11.9. The van der Waals surface area contributed by atoms with Gasteiger partial charge >= 0.3 is 5.97 Å². The average molecular weight is 337 g/mol. The van der Waals surface area contributed by atoms with E-state index in [4.69, 9.17) is 5.11 Å². The molecule has 0 bridgehead atoms. The Morgan fingerprint density at radius 2 is 1.79 bits per heavy atom. The maximum Gasteiger partial charge on any atom is 0.335 e. The molecule has 4 atom stereocenters. The van der Waals surface area contributed by atoms with E-state index in [1.807, 2.05) is 0 Å². The summed E-state index contributed by atoms with van der Waals surface area (Å²) in [5.41, 5.74) is -1.56. The van der Waals surface area contributed by atoms with Gasteiger partial charge in [-0.1, -0.05) is 12.1 Å². The molecule has 1 aliphatic carbocycles. The van der Waals surface area contributed by atoms with Crippen LogP contribution in [0.25, 0.3) is 6.08 Å². The SMILES string of the molecule is O=C(/C=C\c1ccc(O)cc1)N[C@H]1C[C@](O)(C(=O)O)C[C@@H](O)[C@H]1O. The Hall–Kier alpha value is -2.42. The molecule has 1 aromatic carbocycles. The zero-order valence-corrected chi connectivity index (χ0v) is 12.7.